The van der Waals surface area contributed by atoms with Crippen molar-refractivity contribution in [2.45, 2.75) is 78.3 Å². The minimum absolute atomic E-state index is 0.135. The van der Waals surface area contributed by atoms with Gasteiger partial charge in [-0.3, -0.25) is 14.7 Å². The van der Waals surface area contributed by atoms with Gasteiger partial charge in [0.2, 0.25) is 11.7 Å². The van der Waals surface area contributed by atoms with E-state index in [9.17, 15) is 9.59 Å². The van der Waals surface area contributed by atoms with Crippen LogP contribution in [0.15, 0.2) is 40.9 Å². The molecular formula is C26H35N5O3. The quantitative estimate of drug-likeness (QED) is 0.334. The van der Waals surface area contributed by atoms with E-state index < -0.39 is 0 Å². The summed E-state index contributed by atoms with van der Waals surface area (Å²) in [6.07, 6.45) is 7.09. The van der Waals surface area contributed by atoms with E-state index in [1.807, 2.05) is 38.1 Å². The molecule has 2 aromatic heterocycles. The number of hydrogen-bond donors (Lipinski definition) is 3. The minimum Gasteiger partial charge on any atom is -0.431 e. The Balaban J connectivity index is 1.73. The van der Waals surface area contributed by atoms with Crippen LogP contribution in [0.2, 0.25) is 0 Å². The van der Waals surface area contributed by atoms with Crippen molar-refractivity contribution >= 4 is 11.8 Å². The number of benzene rings is 1. The smallest absolute Gasteiger partial charge is 0.288 e. The summed E-state index contributed by atoms with van der Waals surface area (Å²) in [4.78, 5) is 29.4. The number of nitrogens with one attached hydrogen (secondary N) is 3. The summed E-state index contributed by atoms with van der Waals surface area (Å²) in [7, 11) is 0. The van der Waals surface area contributed by atoms with Crippen LogP contribution in [0, 0.1) is 0 Å². The van der Waals surface area contributed by atoms with E-state index >= 15 is 0 Å². The standard InChI is InChI=1S/C26H35N5O3/c1-5-10-20(11-6-2)29-25(33)23-16-27-26(34-23)18-13-9-12-17(14-18)21-15-22(31-30-21)24(32)28-19(7-3)8-4/h9,12-16,19-20H,5-8,10-11H2,1-4H3,(H,28,32)(H,29,33)(H,30,31). The Bertz CT molecular complexity index is 1080. The second kappa shape index (κ2) is 12.2. The van der Waals surface area contributed by atoms with Crippen molar-refractivity contribution in [2.75, 3.05) is 0 Å². The molecule has 34 heavy (non-hydrogen) atoms. The third-order valence-electron chi connectivity index (χ3n) is 5.89. The van der Waals surface area contributed by atoms with Gasteiger partial charge in [0.25, 0.3) is 11.8 Å². The summed E-state index contributed by atoms with van der Waals surface area (Å²) < 4.78 is 5.78. The normalized spacial score (nSPS) is 11.2. The van der Waals surface area contributed by atoms with Crippen LogP contribution in [0.1, 0.15) is 87.3 Å². The number of carbonyl (C=O) groups excluding carboxylic acids is 2. The van der Waals surface area contributed by atoms with Crippen LogP contribution in [0.5, 0.6) is 0 Å². The molecule has 1 aromatic carbocycles. The van der Waals surface area contributed by atoms with E-state index in [0.717, 1.165) is 49.7 Å². The number of H-pyrrole nitrogens is 1. The highest BCUT2D eigenvalue weighted by Crippen LogP contribution is 2.26. The molecule has 0 saturated carbocycles. The van der Waals surface area contributed by atoms with Gasteiger partial charge in [0.15, 0.2) is 0 Å². The Morgan fingerprint density at radius 1 is 0.941 bits per heavy atom. The Hall–Kier alpha value is -3.42. The van der Waals surface area contributed by atoms with Crippen LogP contribution >= 0.6 is 0 Å². The van der Waals surface area contributed by atoms with Gasteiger partial charge in [-0.15, -0.1) is 0 Å². The van der Waals surface area contributed by atoms with E-state index in [0.29, 0.717) is 17.3 Å². The van der Waals surface area contributed by atoms with Crippen molar-refractivity contribution < 1.29 is 14.0 Å². The molecule has 0 aliphatic heterocycles. The van der Waals surface area contributed by atoms with Gasteiger partial charge in [0.1, 0.15) is 5.69 Å². The number of carbonyl (C=O) groups is 2. The van der Waals surface area contributed by atoms with Gasteiger partial charge in [-0.1, -0.05) is 52.7 Å². The van der Waals surface area contributed by atoms with Crippen molar-refractivity contribution in [2.24, 2.45) is 0 Å². The first-order valence-corrected chi connectivity index (χ1v) is 12.2. The third kappa shape index (κ3) is 6.34. The lowest BCUT2D eigenvalue weighted by atomic mass is 10.1. The summed E-state index contributed by atoms with van der Waals surface area (Å²) in [6, 6.07) is 9.51. The molecule has 0 aliphatic rings. The van der Waals surface area contributed by atoms with Gasteiger partial charge < -0.3 is 15.1 Å². The Morgan fingerprint density at radius 2 is 1.62 bits per heavy atom. The summed E-state index contributed by atoms with van der Waals surface area (Å²) in [5.41, 5.74) is 2.59. The van der Waals surface area contributed by atoms with Crippen LogP contribution in [-0.4, -0.2) is 39.1 Å². The monoisotopic (exact) mass is 465 g/mol. The van der Waals surface area contributed by atoms with E-state index in [1.54, 1.807) is 6.07 Å². The fourth-order valence-corrected chi connectivity index (χ4v) is 3.91. The lowest BCUT2D eigenvalue weighted by Crippen LogP contribution is -2.34. The molecule has 0 unspecified atom stereocenters. The second-order valence-corrected chi connectivity index (χ2v) is 8.51. The second-order valence-electron chi connectivity index (χ2n) is 8.51. The molecule has 0 bridgehead atoms. The van der Waals surface area contributed by atoms with Crippen molar-refractivity contribution in [3.05, 3.63) is 48.0 Å². The predicted octanol–water partition coefficient (Wildman–Crippen LogP) is 5.35. The molecule has 0 radical (unpaired) electrons. The first-order chi connectivity index (χ1) is 16.5. The van der Waals surface area contributed by atoms with Crippen LogP contribution in [0.3, 0.4) is 0 Å². The Kier molecular flexibility index (Phi) is 9.01. The number of aromatic amines is 1. The largest absolute Gasteiger partial charge is 0.431 e. The summed E-state index contributed by atoms with van der Waals surface area (Å²) in [5.74, 6) is 0.133. The first-order valence-electron chi connectivity index (χ1n) is 12.2. The number of amides is 2. The average molecular weight is 466 g/mol. The zero-order valence-electron chi connectivity index (χ0n) is 20.5. The van der Waals surface area contributed by atoms with Crippen molar-refractivity contribution in [3.8, 4) is 22.7 Å². The summed E-state index contributed by atoms with van der Waals surface area (Å²) in [6.45, 7) is 8.31. The predicted molar refractivity (Wildman–Crippen MR) is 132 cm³/mol. The molecular weight excluding hydrogens is 430 g/mol. The van der Waals surface area contributed by atoms with Crippen molar-refractivity contribution in [1.82, 2.24) is 25.8 Å². The van der Waals surface area contributed by atoms with Crippen molar-refractivity contribution in [3.63, 3.8) is 0 Å². The number of aromatic nitrogens is 3. The third-order valence-corrected chi connectivity index (χ3v) is 5.89. The topological polar surface area (TPSA) is 113 Å². The van der Waals surface area contributed by atoms with Gasteiger partial charge in [0.05, 0.1) is 11.9 Å². The van der Waals surface area contributed by atoms with Gasteiger partial charge >= 0.3 is 0 Å². The average Bonchev–Trinajstić information content (AvgIpc) is 3.53. The first kappa shape index (κ1) is 25.2. The molecule has 8 nitrogen and oxygen atoms in total. The molecule has 2 amide bonds. The highest BCUT2D eigenvalue weighted by atomic mass is 16.4. The van der Waals surface area contributed by atoms with Crippen LogP contribution in [-0.2, 0) is 0 Å². The zero-order chi connectivity index (χ0) is 24.5. The molecule has 3 N–H and O–H groups in total. The molecule has 8 heteroatoms. The number of oxazole rings is 1. The lowest BCUT2D eigenvalue weighted by molar-refractivity contribution is 0.0903. The molecule has 0 atom stereocenters. The van der Waals surface area contributed by atoms with E-state index in [2.05, 4.69) is 39.7 Å². The highest BCUT2D eigenvalue weighted by molar-refractivity contribution is 5.93. The van der Waals surface area contributed by atoms with E-state index in [1.165, 1.54) is 6.20 Å². The molecule has 182 valence electrons. The zero-order valence-corrected chi connectivity index (χ0v) is 20.5. The SMILES string of the molecule is CCCC(CCC)NC(=O)c1cnc(-c2cccc(-c3cc(C(=O)NC(CC)CC)[nH]n3)c2)o1. The van der Waals surface area contributed by atoms with Gasteiger partial charge in [0, 0.05) is 23.2 Å². The highest BCUT2D eigenvalue weighted by Gasteiger charge is 2.18. The van der Waals surface area contributed by atoms with E-state index in [-0.39, 0.29) is 29.7 Å². The molecule has 0 spiro atoms. The van der Waals surface area contributed by atoms with Gasteiger partial charge in [-0.2, -0.15) is 5.10 Å². The molecule has 2 heterocycles. The number of nitrogens with zero attached hydrogens (tertiary/aromatic N) is 2. The van der Waals surface area contributed by atoms with E-state index in [4.69, 9.17) is 4.42 Å². The summed E-state index contributed by atoms with van der Waals surface area (Å²) >= 11 is 0. The molecule has 0 fully saturated rings. The van der Waals surface area contributed by atoms with Crippen LogP contribution in [0.25, 0.3) is 22.7 Å². The fraction of sp³-hybridized carbons (Fsp3) is 0.462. The number of rotatable bonds is 12. The minimum atomic E-state index is -0.248. The maximum absolute atomic E-state index is 12.6. The molecule has 3 aromatic rings. The Labute approximate surface area is 200 Å². The lowest BCUT2D eigenvalue weighted by Gasteiger charge is -2.16. The van der Waals surface area contributed by atoms with Crippen LogP contribution in [0.4, 0.5) is 0 Å². The molecule has 0 saturated heterocycles. The summed E-state index contributed by atoms with van der Waals surface area (Å²) in [5, 5.41) is 13.2. The molecule has 3 rings (SSSR count). The van der Waals surface area contributed by atoms with Gasteiger partial charge in [-0.25, -0.2) is 4.98 Å². The fourth-order valence-electron chi connectivity index (χ4n) is 3.91. The molecule has 0 aliphatic carbocycles. The van der Waals surface area contributed by atoms with Gasteiger partial charge in [-0.05, 0) is 43.9 Å². The van der Waals surface area contributed by atoms with Crippen molar-refractivity contribution in [1.29, 1.82) is 0 Å². The maximum Gasteiger partial charge on any atom is 0.288 e. The maximum atomic E-state index is 12.6. The Morgan fingerprint density at radius 3 is 2.29 bits per heavy atom. The number of hydrogen-bond acceptors (Lipinski definition) is 5. The van der Waals surface area contributed by atoms with Crippen LogP contribution < -0.4 is 10.6 Å².